The first kappa shape index (κ1) is 15.4. The van der Waals surface area contributed by atoms with Crippen molar-refractivity contribution in [1.82, 2.24) is 5.32 Å². The Morgan fingerprint density at radius 3 is 2.73 bits per heavy atom. The fourth-order valence-electron chi connectivity index (χ4n) is 2.43. The minimum absolute atomic E-state index is 0.00132. The standard InChI is InChI=1S/C14H14ClF3N2O2/c15-9-3-4-11-10(5-9)13(14(16,17)18,7-19-12(21)20-11)22-6-8-1-2-8/h3-5,8H,1-2,6-7H2,(H2,19,20,21). The van der Waals surface area contributed by atoms with Crippen molar-refractivity contribution in [2.45, 2.75) is 24.6 Å². The number of rotatable bonds is 3. The summed E-state index contributed by atoms with van der Waals surface area (Å²) in [6.45, 7) is -0.691. The molecule has 2 N–H and O–H groups in total. The SMILES string of the molecule is O=C1NCC(OCC2CC2)(C(F)(F)F)c2cc(Cl)ccc2N1. The maximum absolute atomic E-state index is 13.8. The third kappa shape index (κ3) is 2.75. The van der Waals surface area contributed by atoms with E-state index in [0.717, 1.165) is 12.8 Å². The van der Waals surface area contributed by atoms with Crippen LogP contribution in [0.2, 0.25) is 5.02 Å². The van der Waals surface area contributed by atoms with Crippen LogP contribution in [0.3, 0.4) is 0 Å². The van der Waals surface area contributed by atoms with Crippen LogP contribution in [0, 0.1) is 5.92 Å². The molecule has 1 aromatic carbocycles. The molecule has 1 heterocycles. The summed E-state index contributed by atoms with van der Waals surface area (Å²) in [5.41, 5.74) is -2.73. The fourth-order valence-corrected chi connectivity index (χ4v) is 2.61. The van der Waals surface area contributed by atoms with E-state index in [-0.39, 0.29) is 28.8 Å². The molecular weight excluding hydrogens is 321 g/mol. The van der Waals surface area contributed by atoms with Crippen molar-refractivity contribution < 1.29 is 22.7 Å². The maximum atomic E-state index is 13.8. The van der Waals surface area contributed by atoms with Gasteiger partial charge in [0.05, 0.1) is 13.2 Å². The smallest absolute Gasteiger partial charge is 0.359 e. The Morgan fingerprint density at radius 1 is 1.36 bits per heavy atom. The number of urea groups is 1. The first-order valence-corrected chi connectivity index (χ1v) is 7.25. The lowest BCUT2D eigenvalue weighted by molar-refractivity contribution is -0.282. The molecule has 120 valence electrons. The molecule has 1 aliphatic carbocycles. The van der Waals surface area contributed by atoms with Crippen LogP contribution in [-0.2, 0) is 10.3 Å². The van der Waals surface area contributed by atoms with E-state index in [4.69, 9.17) is 16.3 Å². The predicted molar refractivity (Wildman–Crippen MR) is 74.9 cm³/mol. The van der Waals surface area contributed by atoms with Crippen LogP contribution in [0.5, 0.6) is 0 Å². The van der Waals surface area contributed by atoms with E-state index in [1.807, 2.05) is 0 Å². The highest BCUT2D eigenvalue weighted by molar-refractivity contribution is 6.30. The summed E-state index contributed by atoms with van der Waals surface area (Å²) in [7, 11) is 0. The fraction of sp³-hybridized carbons (Fsp3) is 0.500. The van der Waals surface area contributed by atoms with Crippen molar-refractivity contribution >= 4 is 23.3 Å². The predicted octanol–water partition coefficient (Wildman–Crippen LogP) is 3.66. The highest BCUT2D eigenvalue weighted by atomic mass is 35.5. The Balaban J connectivity index is 2.10. The number of carbonyl (C=O) groups excluding carboxylic acids is 1. The lowest BCUT2D eigenvalue weighted by Gasteiger charge is -2.35. The lowest BCUT2D eigenvalue weighted by atomic mass is 9.91. The lowest BCUT2D eigenvalue weighted by Crippen LogP contribution is -2.52. The Kier molecular flexibility index (Phi) is 3.72. The quantitative estimate of drug-likeness (QED) is 0.886. The normalized spacial score (nSPS) is 25.0. The van der Waals surface area contributed by atoms with E-state index in [0.29, 0.717) is 0 Å². The average Bonchev–Trinajstić information content (AvgIpc) is 3.24. The molecule has 0 bridgehead atoms. The van der Waals surface area contributed by atoms with Gasteiger partial charge in [-0.15, -0.1) is 0 Å². The Morgan fingerprint density at radius 2 is 2.09 bits per heavy atom. The number of halogens is 4. The second-order valence-electron chi connectivity index (χ2n) is 5.58. The molecule has 0 radical (unpaired) electrons. The molecule has 2 amide bonds. The number of fused-ring (bicyclic) bond motifs is 1. The van der Waals surface area contributed by atoms with E-state index in [2.05, 4.69) is 10.6 Å². The summed E-state index contributed by atoms with van der Waals surface area (Å²) in [4.78, 5) is 11.6. The molecule has 1 unspecified atom stereocenters. The highest BCUT2D eigenvalue weighted by Gasteiger charge is 2.59. The molecule has 1 aromatic rings. The van der Waals surface area contributed by atoms with Gasteiger partial charge in [-0.05, 0) is 37.0 Å². The molecule has 0 aromatic heterocycles. The van der Waals surface area contributed by atoms with Crippen molar-refractivity contribution in [3.8, 4) is 0 Å². The largest absolute Gasteiger partial charge is 0.423 e. The van der Waals surface area contributed by atoms with Crippen LogP contribution < -0.4 is 10.6 Å². The number of ether oxygens (including phenoxy) is 1. The van der Waals surface area contributed by atoms with Crippen LogP contribution in [0.15, 0.2) is 18.2 Å². The molecule has 1 aliphatic heterocycles. The Hall–Kier alpha value is -1.47. The van der Waals surface area contributed by atoms with E-state index in [1.54, 1.807) is 0 Å². The van der Waals surface area contributed by atoms with E-state index >= 15 is 0 Å². The van der Waals surface area contributed by atoms with Crippen LogP contribution in [0.4, 0.5) is 23.7 Å². The molecule has 3 rings (SSSR count). The summed E-state index contributed by atoms with van der Waals surface area (Å²) >= 11 is 5.86. The summed E-state index contributed by atoms with van der Waals surface area (Å²) in [6.07, 6.45) is -2.97. The molecule has 2 aliphatic rings. The minimum Gasteiger partial charge on any atom is -0.359 e. The number of alkyl halides is 3. The highest BCUT2D eigenvalue weighted by Crippen LogP contribution is 2.47. The van der Waals surface area contributed by atoms with Crippen LogP contribution in [-0.4, -0.2) is 25.4 Å². The molecule has 22 heavy (non-hydrogen) atoms. The Labute approximate surface area is 130 Å². The van der Waals surface area contributed by atoms with Gasteiger partial charge in [-0.25, -0.2) is 4.79 Å². The van der Waals surface area contributed by atoms with Gasteiger partial charge < -0.3 is 15.4 Å². The van der Waals surface area contributed by atoms with Crippen molar-refractivity contribution in [2.75, 3.05) is 18.5 Å². The zero-order chi connectivity index (χ0) is 16.0. The van der Waals surface area contributed by atoms with E-state index in [1.165, 1.54) is 18.2 Å². The topological polar surface area (TPSA) is 50.4 Å². The molecule has 0 saturated heterocycles. The van der Waals surface area contributed by atoms with Crippen LogP contribution in [0.1, 0.15) is 18.4 Å². The molecular formula is C14H14ClF3N2O2. The number of amides is 2. The van der Waals surface area contributed by atoms with Gasteiger partial charge in [-0.3, -0.25) is 0 Å². The third-order valence-electron chi connectivity index (χ3n) is 3.88. The molecule has 1 atom stereocenters. The summed E-state index contributed by atoms with van der Waals surface area (Å²) in [5.74, 6) is 0.147. The second-order valence-corrected chi connectivity index (χ2v) is 6.01. The second kappa shape index (κ2) is 5.31. The van der Waals surface area contributed by atoms with Gasteiger partial charge in [0.25, 0.3) is 0 Å². The zero-order valence-electron chi connectivity index (χ0n) is 11.5. The first-order chi connectivity index (χ1) is 10.3. The monoisotopic (exact) mass is 334 g/mol. The van der Waals surface area contributed by atoms with Crippen LogP contribution >= 0.6 is 11.6 Å². The number of nitrogens with one attached hydrogen (secondary N) is 2. The minimum atomic E-state index is -4.69. The summed E-state index contributed by atoms with van der Waals surface area (Å²) in [6, 6.07) is 3.27. The van der Waals surface area contributed by atoms with Crippen molar-refractivity contribution in [3.05, 3.63) is 28.8 Å². The molecule has 0 spiro atoms. The summed E-state index contributed by atoms with van der Waals surface area (Å²) in [5, 5.41) is 4.76. The van der Waals surface area contributed by atoms with Gasteiger partial charge in [0.1, 0.15) is 0 Å². The number of hydrogen-bond acceptors (Lipinski definition) is 2. The number of benzene rings is 1. The van der Waals surface area contributed by atoms with Crippen molar-refractivity contribution in [2.24, 2.45) is 5.92 Å². The van der Waals surface area contributed by atoms with Gasteiger partial charge in [0.15, 0.2) is 0 Å². The molecule has 4 nitrogen and oxygen atoms in total. The first-order valence-electron chi connectivity index (χ1n) is 6.87. The molecule has 1 saturated carbocycles. The maximum Gasteiger partial charge on any atom is 0.423 e. The third-order valence-corrected chi connectivity index (χ3v) is 4.12. The van der Waals surface area contributed by atoms with Gasteiger partial charge >= 0.3 is 12.2 Å². The van der Waals surface area contributed by atoms with E-state index in [9.17, 15) is 18.0 Å². The number of carbonyl (C=O) groups is 1. The van der Waals surface area contributed by atoms with Crippen LogP contribution in [0.25, 0.3) is 0 Å². The molecule has 8 heteroatoms. The van der Waals surface area contributed by atoms with Gasteiger partial charge in [-0.1, -0.05) is 11.6 Å². The van der Waals surface area contributed by atoms with Gasteiger partial charge in [0.2, 0.25) is 5.60 Å². The van der Waals surface area contributed by atoms with Crippen molar-refractivity contribution in [1.29, 1.82) is 0 Å². The zero-order valence-corrected chi connectivity index (χ0v) is 12.2. The van der Waals surface area contributed by atoms with Gasteiger partial charge in [-0.2, -0.15) is 13.2 Å². The van der Waals surface area contributed by atoms with Crippen molar-refractivity contribution in [3.63, 3.8) is 0 Å². The Bertz CT molecular complexity index is 604. The summed E-state index contributed by atoms with van der Waals surface area (Å²) < 4.78 is 46.8. The number of anilines is 1. The van der Waals surface area contributed by atoms with E-state index < -0.39 is 24.4 Å². The molecule has 1 fully saturated rings. The number of hydrogen-bond donors (Lipinski definition) is 2. The van der Waals surface area contributed by atoms with Gasteiger partial charge in [0, 0.05) is 16.3 Å². The average molecular weight is 335 g/mol.